The first kappa shape index (κ1) is 24.8. The molecule has 32 heavy (non-hydrogen) atoms. The number of nitrogens with zero attached hydrogens (tertiary/aromatic N) is 1. The van der Waals surface area contributed by atoms with Gasteiger partial charge in [0.2, 0.25) is 10.0 Å². The largest absolute Gasteiger partial charge is 0.379 e. The van der Waals surface area contributed by atoms with Crippen molar-refractivity contribution in [2.75, 3.05) is 49.9 Å². The van der Waals surface area contributed by atoms with Gasteiger partial charge in [-0.05, 0) is 55.3 Å². The Morgan fingerprint density at radius 1 is 1.06 bits per heavy atom. The van der Waals surface area contributed by atoms with E-state index in [1.165, 1.54) is 0 Å². The Labute approximate surface area is 199 Å². The Bertz CT molecular complexity index is 1010. The number of halogens is 2. The second-order valence-corrected chi connectivity index (χ2v) is 10.2. The number of rotatable bonds is 10. The number of hydrogen-bond donors (Lipinski definition) is 2. The molecule has 1 heterocycles. The zero-order valence-electron chi connectivity index (χ0n) is 17.6. The predicted octanol–water partition coefficient (Wildman–Crippen LogP) is 3.43. The van der Waals surface area contributed by atoms with Gasteiger partial charge in [0.05, 0.1) is 29.0 Å². The molecule has 0 aromatic heterocycles. The molecule has 10 heteroatoms. The zero-order chi connectivity index (χ0) is 23.0. The summed E-state index contributed by atoms with van der Waals surface area (Å²) in [5.41, 5.74) is 1.54. The highest BCUT2D eigenvalue weighted by Gasteiger charge is 2.14. The van der Waals surface area contributed by atoms with Crippen molar-refractivity contribution in [3.05, 3.63) is 63.6 Å². The first-order valence-corrected chi connectivity index (χ1v) is 12.9. The minimum absolute atomic E-state index is 0.140. The third-order valence-corrected chi connectivity index (χ3v) is 7.28. The Morgan fingerprint density at radius 3 is 2.50 bits per heavy atom. The van der Waals surface area contributed by atoms with Crippen LogP contribution in [0.2, 0.25) is 10.0 Å². The maximum atomic E-state index is 12.4. The topological polar surface area (TPSA) is 87.7 Å². The van der Waals surface area contributed by atoms with Crippen LogP contribution in [0.4, 0.5) is 5.69 Å². The van der Waals surface area contributed by atoms with Gasteiger partial charge in [-0.25, -0.2) is 8.42 Å². The van der Waals surface area contributed by atoms with Crippen LogP contribution in [0.5, 0.6) is 0 Å². The maximum absolute atomic E-state index is 12.4. The van der Waals surface area contributed by atoms with E-state index in [2.05, 4.69) is 14.9 Å². The van der Waals surface area contributed by atoms with Crippen LogP contribution in [0.1, 0.15) is 22.3 Å². The first-order chi connectivity index (χ1) is 15.3. The van der Waals surface area contributed by atoms with Crippen molar-refractivity contribution in [2.24, 2.45) is 0 Å². The van der Waals surface area contributed by atoms with E-state index in [0.29, 0.717) is 33.4 Å². The van der Waals surface area contributed by atoms with Crippen LogP contribution in [-0.2, 0) is 21.2 Å². The standard InChI is InChI=1S/C22H27Cl2N3O4S/c23-20-4-1-3-17(21(20)24)9-16-32(29,30)26-19-7-5-18(6-8-19)22(28)25-10-2-11-27-12-14-31-15-13-27/h1,3-8,26H,2,9-16H2,(H,25,28). The molecule has 2 aromatic rings. The molecule has 7 nitrogen and oxygen atoms in total. The van der Waals surface area contributed by atoms with Crippen LogP contribution in [0.15, 0.2) is 42.5 Å². The number of benzene rings is 2. The van der Waals surface area contributed by atoms with Crippen molar-refractivity contribution in [2.45, 2.75) is 12.8 Å². The average Bonchev–Trinajstić information content (AvgIpc) is 2.78. The summed E-state index contributed by atoms with van der Waals surface area (Å²) in [6, 6.07) is 11.5. The van der Waals surface area contributed by atoms with E-state index in [0.717, 1.165) is 39.3 Å². The molecular weight excluding hydrogens is 473 g/mol. The molecule has 2 N–H and O–H groups in total. The summed E-state index contributed by atoms with van der Waals surface area (Å²) in [6.45, 7) is 4.88. The summed E-state index contributed by atoms with van der Waals surface area (Å²) < 4.78 is 32.7. The fourth-order valence-corrected chi connectivity index (χ4v) is 4.84. The van der Waals surface area contributed by atoms with Crippen molar-refractivity contribution in [3.63, 3.8) is 0 Å². The molecule has 0 spiro atoms. The Kier molecular flexibility index (Phi) is 9.19. The van der Waals surface area contributed by atoms with Crippen LogP contribution < -0.4 is 10.0 Å². The summed E-state index contributed by atoms with van der Waals surface area (Å²) in [5, 5.41) is 3.65. The summed E-state index contributed by atoms with van der Waals surface area (Å²) >= 11 is 12.1. The van der Waals surface area contributed by atoms with Crippen LogP contribution in [0.3, 0.4) is 0 Å². The molecule has 1 aliphatic rings. The monoisotopic (exact) mass is 499 g/mol. The van der Waals surface area contributed by atoms with Gasteiger partial charge in [0.1, 0.15) is 0 Å². The fraction of sp³-hybridized carbons (Fsp3) is 0.409. The summed E-state index contributed by atoms with van der Waals surface area (Å²) in [6.07, 6.45) is 1.10. The highest BCUT2D eigenvalue weighted by Crippen LogP contribution is 2.26. The summed E-state index contributed by atoms with van der Waals surface area (Å²) in [7, 11) is -3.59. The number of carbonyl (C=O) groups excluding carboxylic acids is 1. The van der Waals surface area contributed by atoms with Crippen molar-refractivity contribution >= 4 is 44.8 Å². The fourth-order valence-electron chi connectivity index (χ4n) is 3.34. The van der Waals surface area contributed by atoms with Crippen LogP contribution in [-0.4, -0.2) is 64.4 Å². The molecule has 1 saturated heterocycles. The van der Waals surface area contributed by atoms with Crippen LogP contribution >= 0.6 is 23.2 Å². The van der Waals surface area contributed by atoms with E-state index in [-0.39, 0.29) is 18.1 Å². The number of ether oxygens (including phenoxy) is 1. The number of hydrogen-bond acceptors (Lipinski definition) is 5. The first-order valence-electron chi connectivity index (χ1n) is 10.5. The minimum Gasteiger partial charge on any atom is -0.379 e. The quantitative estimate of drug-likeness (QED) is 0.489. The molecule has 2 aromatic carbocycles. The highest BCUT2D eigenvalue weighted by atomic mass is 35.5. The van der Waals surface area contributed by atoms with Crippen molar-refractivity contribution < 1.29 is 17.9 Å². The van der Waals surface area contributed by atoms with Crippen molar-refractivity contribution in [1.82, 2.24) is 10.2 Å². The van der Waals surface area contributed by atoms with E-state index in [4.69, 9.17) is 27.9 Å². The van der Waals surface area contributed by atoms with Gasteiger partial charge in [-0.3, -0.25) is 14.4 Å². The third-order valence-electron chi connectivity index (χ3n) is 5.13. The second-order valence-electron chi connectivity index (χ2n) is 7.52. The predicted molar refractivity (Wildman–Crippen MR) is 128 cm³/mol. The molecule has 1 amide bonds. The molecular formula is C22H27Cl2N3O4S. The molecule has 0 bridgehead atoms. The van der Waals surface area contributed by atoms with E-state index < -0.39 is 10.0 Å². The summed E-state index contributed by atoms with van der Waals surface area (Å²) in [4.78, 5) is 14.6. The maximum Gasteiger partial charge on any atom is 0.251 e. The number of nitrogens with one attached hydrogen (secondary N) is 2. The van der Waals surface area contributed by atoms with Gasteiger partial charge in [0, 0.05) is 30.9 Å². The van der Waals surface area contributed by atoms with Gasteiger partial charge < -0.3 is 10.1 Å². The molecule has 1 fully saturated rings. The lowest BCUT2D eigenvalue weighted by molar-refractivity contribution is 0.0374. The number of aryl methyl sites for hydroxylation is 1. The van der Waals surface area contributed by atoms with Crippen molar-refractivity contribution in [1.29, 1.82) is 0 Å². The molecule has 0 saturated carbocycles. The lowest BCUT2D eigenvalue weighted by atomic mass is 10.2. The molecule has 0 atom stereocenters. The SMILES string of the molecule is O=C(NCCCN1CCOCC1)c1ccc(NS(=O)(=O)CCc2cccc(Cl)c2Cl)cc1. The molecule has 0 radical (unpaired) electrons. The highest BCUT2D eigenvalue weighted by molar-refractivity contribution is 7.92. The van der Waals surface area contributed by atoms with Crippen LogP contribution in [0, 0.1) is 0 Å². The average molecular weight is 500 g/mol. The number of morpholine rings is 1. The van der Waals surface area contributed by atoms with E-state index in [1.807, 2.05) is 0 Å². The Morgan fingerprint density at radius 2 is 1.78 bits per heavy atom. The van der Waals surface area contributed by atoms with Gasteiger partial charge in [-0.2, -0.15) is 0 Å². The Hall–Kier alpha value is -1.84. The lowest BCUT2D eigenvalue weighted by Crippen LogP contribution is -2.38. The number of sulfonamides is 1. The van der Waals surface area contributed by atoms with Gasteiger partial charge in [0.15, 0.2) is 0 Å². The third kappa shape index (κ3) is 7.64. The normalized spacial score (nSPS) is 14.8. The molecule has 0 aliphatic carbocycles. The van der Waals surface area contributed by atoms with E-state index in [1.54, 1.807) is 42.5 Å². The van der Waals surface area contributed by atoms with Gasteiger partial charge in [-0.1, -0.05) is 35.3 Å². The Balaban J connectivity index is 1.44. The second kappa shape index (κ2) is 11.9. The van der Waals surface area contributed by atoms with Gasteiger partial charge in [-0.15, -0.1) is 0 Å². The minimum atomic E-state index is -3.59. The number of amides is 1. The molecule has 3 rings (SSSR count). The molecule has 0 unspecified atom stereocenters. The lowest BCUT2D eigenvalue weighted by Gasteiger charge is -2.26. The summed E-state index contributed by atoms with van der Waals surface area (Å²) in [5.74, 6) is -0.324. The van der Waals surface area contributed by atoms with Gasteiger partial charge in [0.25, 0.3) is 5.91 Å². The molecule has 1 aliphatic heterocycles. The van der Waals surface area contributed by atoms with Crippen LogP contribution in [0.25, 0.3) is 0 Å². The van der Waals surface area contributed by atoms with E-state index in [9.17, 15) is 13.2 Å². The smallest absolute Gasteiger partial charge is 0.251 e. The number of anilines is 1. The molecule has 174 valence electrons. The zero-order valence-corrected chi connectivity index (χ0v) is 20.0. The number of carbonyl (C=O) groups is 1. The van der Waals surface area contributed by atoms with E-state index >= 15 is 0 Å². The van der Waals surface area contributed by atoms with Crippen molar-refractivity contribution in [3.8, 4) is 0 Å². The van der Waals surface area contributed by atoms with Gasteiger partial charge >= 0.3 is 0 Å².